The van der Waals surface area contributed by atoms with Gasteiger partial charge in [-0.1, -0.05) is 26.7 Å². The average Bonchev–Trinajstić information content (AvgIpc) is 2.72. The number of rotatable bonds is 5. The first-order valence-corrected chi connectivity index (χ1v) is 9.81. The van der Waals surface area contributed by atoms with E-state index in [2.05, 4.69) is 19.2 Å². The van der Waals surface area contributed by atoms with E-state index in [9.17, 15) is 8.42 Å². The molecule has 3 nitrogen and oxygen atoms in total. The van der Waals surface area contributed by atoms with Gasteiger partial charge in [0, 0.05) is 6.04 Å². The van der Waals surface area contributed by atoms with Crippen molar-refractivity contribution in [1.82, 2.24) is 5.32 Å². The Morgan fingerprint density at radius 1 is 1.16 bits per heavy atom. The molecule has 2 fully saturated rings. The largest absolute Gasteiger partial charge is 0.314 e. The van der Waals surface area contributed by atoms with Crippen molar-refractivity contribution >= 4 is 9.84 Å². The van der Waals surface area contributed by atoms with E-state index < -0.39 is 9.84 Å². The lowest BCUT2D eigenvalue weighted by Gasteiger charge is -2.39. The summed E-state index contributed by atoms with van der Waals surface area (Å²) in [4.78, 5) is 0. The molecule has 1 aliphatic carbocycles. The third-order valence-corrected chi connectivity index (χ3v) is 6.84. The minimum atomic E-state index is -2.74. The first kappa shape index (κ1) is 15.3. The fraction of sp³-hybridized carbons (Fsp3) is 1.00. The van der Waals surface area contributed by atoms with Crippen molar-refractivity contribution < 1.29 is 8.42 Å². The predicted molar refractivity (Wildman–Crippen MR) is 80.0 cm³/mol. The highest BCUT2D eigenvalue weighted by atomic mass is 32.2. The van der Waals surface area contributed by atoms with Crippen molar-refractivity contribution in [2.75, 3.05) is 18.1 Å². The quantitative estimate of drug-likeness (QED) is 0.845. The van der Waals surface area contributed by atoms with Crippen LogP contribution in [0.25, 0.3) is 0 Å². The highest BCUT2D eigenvalue weighted by Crippen LogP contribution is 2.40. The van der Waals surface area contributed by atoms with Crippen molar-refractivity contribution in [3.63, 3.8) is 0 Å². The van der Waals surface area contributed by atoms with Crippen LogP contribution in [-0.2, 0) is 9.84 Å². The number of hydrogen-bond donors (Lipinski definition) is 1. The molecule has 112 valence electrons. The normalized spacial score (nSPS) is 38.4. The maximum absolute atomic E-state index is 11.7. The molecule has 4 atom stereocenters. The van der Waals surface area contributed by atoms with Gasteiger partial charge in [0.25, 0.3) is 0 Å². The lowest BCUT2D eigenvalue weighted by molar-refractivity contribution is 0.149. The van der Waals surface area contributed by atoms with Crippen molar-refractivity contribution in [3.8, 4) is 0 Å². The van der Waals surface area contributed by atoms with Crippen molar-refractivity contribution in [1.29, 1.82) is 0 Å². The van der Waals surface area contributed by atoms with Crippen molar-refractivity contribution in [2.24, 2.45) is 17.8 Å². The molecule has 1 N–H and O–H groups in total. The summed E-state index contributed by atoms with van der Waals surface area (Å²) in [6, 6.07) is 0.552. The van der Waals surface area contributed by atoms with E-state index in [1.807, 2.05) is 0 Å². The van der Waals surface area contributed by atoms with Gasteiger partial charge in [-0.15, -0.1) is 0 Å². The van der Waals surface area contributed by atoms with E-state index >= 15 is 0 Å². The summed E-state index contributed by atoms with van der Waals surface area (Å²) in [6.07, 6.45) is 7.27. The molecule has 0 aromatic heterocycles. The summed E-state index contributed by atoms with van der Waals surface area (Å²) in [6.45, 7) is 5.41. The molecular formula is C15H29NO2S. The van der Waals surface area contributed by atoms with E-state index in [4.69, 9.17) is 0 Å². The summed E-state index contributed by atoms with van der Waals surface area (Å²) in [5.74, 6) is 2.69. The number of sulfone groups is 1. The zero-order chi connectivity index (χ0) is 13.9. The third kappa shape index (κ3) is 3.94. The number of nitrogens with one attached hydrogen (secondary N) is 1. The molecule has 1 aliphatic heterocycles. The fourth-order valence-electron chi connectivity index (χ4n) is 4.16. The molecule has 0 amide bonds. The molecule has 1 heterocycles. The van der Waals surface area contributed by atoms with Gasteiger partial charge in [0.1, 0.15) is 0 Å². The Morgan fingerprint density at radius 2 is 1.95 bits per heavy atom. The van der Waals surface area contributed by atoms with Crippen molar-refractivity contribution in [3.05, 3.63) is 0 Å². The van der Waals surface area contributed by atoms with Crippen LogP contribution in [0, 0.1) is 17.8 Å². The summed E-state index contributed by atoms with van der Waals surface area (Å²) < 4.78 is 23.5. The summed E-state index contributed by atoms with van der Waals surface area (Å²) >= 11 is 0. The molecule has 0 aromatic carbocycles. The van der Waals surface area contributed by atoms with E-state index in [1.54, 1.807) is 0 Å². The second-order valence-electron chi connectivity index (χ2n) is 6.46. The Balaban J connectivity index is 2.03. The highest BCUT2D eigenvalue weighted by Gasteiger charge is 2.40. The zero-order valence-electron chi connectivity index (χ0n) is 12.4. The molecular weight excluding hydrogens is 258 g/mol. The Morgan fingerprint density at radius 3 is 2.53 bits per heavy atom. The van der Waals surface area contributed by atoms with Gasteiger partial charge in [-0.25, -0.2) is 8.42 Å². The Hall–Kier alpha value is -0.0900. The van der Waals surface area contributed by atoms with E-state index in [0.29, 0.717) is 29.4 Å². The van der Waals surface area contributed by atoms with Crippen LogP contribution >= 0.6 is 0 Å². The van der Waals surface area contributed by atoms with Crippen LogP contribution in [0.1, 0.15) is 52.4 Å². The number of hydrogen-bond acceptors (Lipinski definition) is 3. The van der Waals surface area contributed by atoms with Crippen LogP contribution in [-0.4, -0.2) is 32.5 Å². The van der Waals surface area contributed by atoms with E-state index in [0.717, 1.165) is 18.9 Å². The minimum absolute atomic E-state index is 0.411. The highest BCUT2D eigenvalue weighted by molar-refractivity contribution is 7.91. The second-order valence-corrected chi connectivity index (χ2v) is 8.69. The SMILES string of the molecule is CCCC1CCC(NCC)C(C2CCS(=O)(=O)C2)C1. The van der Waals surface area contributed by atoms with Crippen LogP contribution in [0.3, 0.4) is 0 Å². The maximum Gasteiger partial charge on any atom is 0.150 e. The van der Waals surface area contributed by atoms with Gasteiger partial charge in [0.15, 0.2) is 9.84 Å². The lowest BCUT2D eigenvalue weighted by atomic mass is 9.70. The molecule has 4 unspecified atom stereocenters. The van der Waals surface area contributed by atoms with Gasteiger partial charge in [0.05, 0.1) is 11.5 Å². The second kappa shape index (κ2) is 6.57. The van der Waals surface area contributed by atoms with E-state index in [1.165, 1.54) is 32.1 Å². The molecule has 1 saturated heterocycles. The van der Waals surface area contributed by atoms with Gasteiger partial charge < -0.3 is 5.32 Å². The van der Waals surface area contributed by atoms with Gasteiger partial charge in [-0.2, -0.15) is 0 Å². The molecule has 2 aliphatic rings. The fourth-order valence-corrected chi connectivity index (χ4v) is 6.06. The summed E-state index contributed by atoms with van der Waals surface area (Å²) in [5, 5.41) is 3.61. The summed E-state index contributed by atoms with van der Waals surface area (Å²) in [7, 11) is -2.74. The summed E-state index contributed by atoms with van der Waals surface area (Å²) in [5.41, 5.74) is 0. The van der Waals surface area contributed by atoms with Crippen LogP contribution < -0.4 is 5.32 Å². The van der Waals surface area contributed by atoms with Gasteiger partial charge in [-0.05, 0) is 50.0 Å². The standard InChI is InChI=1S/C15H29NO2S/c1-3-5-12-6-7-15(16-4-2)14(10-12)13-8-9-19(17,18)11-13/h12-16H,3-11H2,1-2H3. The smallest absolute Gasteiger partial charge is 0.150 e. The van der Waals surface area contributed by atoms with Crippen LogP contribution in [0.5, 0.6) is 0 Å². The molecule has 0 radical (unpaired) electrons. The maximum atomic E-state index is 11.7. The molecule has 0 aromatic rings. The molecule has 19 heavy (non-hydrogen) atoms. The first-order valence-electron chi connectivity index (χ1n) is 7.99. The molecule has 4 heteroatoms. The molecule has 0 spiro atoms. The first-order chi connectivity index (χ1) is 9.05. The van der Waals surface area contributed by atoms with Gasteiger partial charge in [0.2, 0.25) is 0 Å². The van der Waals surface area contributed by atoms with E-state index in [-0.39, 0.29) is 0 Å². The lowest BCUT2D eigenvalue weighted by Crippen LogP contribution is -2.44. The molecule has 1 saturated carbocycles. The van der Waals surface area contributed by atoms with Crippen LogP contribution in [0.2, 0.25) is 0 Å². The monoisotopic (exact) mass is 287 g/mol. The van der Waals surface area contributed by atoms with Crippen LogP contribution in [0.4, 0.5) is 0 Å². The van der Waals surface area contributed by atoms with Gasteiger partial charge >= 0.3 is 0 Å². The molecule has 0 bridgehead atoms. The Kier molecular flexibility index (Phi) is 5.29. The van der Waals surface area contributed by atoms with Crippen LogP contribution in [0.15, 0.2) is 0 Å². The average molecular weight is 287 g/mol. The predicted octanol–water partition coefficient (Wildman–Crippen LogP) is 2.62. The molecule has 2 rings (SSSR count). The third-order valence-electron chi connectivity index (χ3n) is 5.04. The Labute approximate surface area is 118 Å². The van der Waals surface area contributed by atoms with Gasteiger partial charge in [-0.3, -0.25) is 0 Å². The Bertz CT molecular complexity index is 380. The topological polar surface area (TPSA) is 46.2 Å². The zero-order valence-corrected chi connectivity index (χ0v) is 13.2. The minimum Gasteiger partial charge on any atom is -0.314 e. The van der Waals surface area contributed by atoms with Crippen molar-refractivity contribution in [2.45, 2.75) is 58.4 Å².